The molecule has 0 bridgehead atoms. The predicted octanol–water partition coefficient (Wildman–Crippen LogP) is 2.82. The number of nitrogens with zero attached hydrogens (tertiary/aromatic N) is 3. The molecule has 6 nitrogen and oxygen atoms in total. The Balaban J connectivity index is 2.41. The smallest absolute Gasteiger partial charge is 0.410 e. The quantitative estimate of drug-likeness (QED) is 0.818. The van der Waals surface area contributed by atoms with Crippen LogP contribution >= 0.6 is 0 Å². The van der Waals surface area contributed by atoms with Gasteiger partial charge in [-0.15, -0.1) is 0 Å². The van der Waals surface area contributed by atoms with Crippen LogP contribution in [0.5, 0.6) is 0 Å². The van der Waals surface area contributed by atoms with Gasteiger partial charge < -0.3 is 15.0 Å². The molecule has 0 atom stereocenters. The van der Waals surface area contributed by atoms with E-state index in [4.69, 9.17) is 4.74 Å². The number of hydrogen-bond donors (Lipinski definition) is 1. The minimum absolute atomic E-state index is 0.269. The van der Waals surface area contributed by atoms with Gasteiger partial charge in [0.25, 0.3) is 0 Å². The van der Waals surface area contributed by atoms with Crippen LogP contribution in [0.15, 0.2) is 12.4 Å². The zero-order valence-electron chi connectivity index (χ0n) is 15.6. The van der Waals surface area contributed by atoms with Crippen LogP contribution in [-0.4, -0.2) is 51.5 Å². The van der Waals surface area contributed by atoms with Crippen molar-refractivity contribution < 1.29 is 9.53 Å². The average molecular weight is 324 g/mol. The summed E-state index contributed by atoms with van der Waals surface area (Å²) in [5.74, 6) is 0. The molecule has 0 saturated carbocycles. The molecule has 0 unspecified atom stereocenters. The number of carbonyl (C=O) groups excluding carboxylic acids is 1. The van der Waals surface area contributed by atoms with Gasteiger partial charge in [0, 0.05) is 31.4 Å². The van der Waals surface area contributed by atoms with E-state index in [1.165, 1.54) is 0 Å². The summed E-state index contributed by atoms with van der Waals surface area (Å²) in [4.78, 5) is 14.1. The third-order valence-corrected chi connectivity index (χ3v) is 3.22. The number of nitrogens with one attached hydrogen (secondary N) is 1. The lowest BCUT2D eigenvalue weighted by molar-refractivity contribution is 0.00664. The van der Waals surface area contributed by atoms with E-state index in [-0.39, 0.29) is 11.6 Å². The summed E-state index contributed by atoms with van der Waals surface area (Å²) in [6.07, 6.45) is 3.60. The summed E-state index contributed by atoms with van der Waals surface area (Å²) in [6.45, 7) is 16.7. The number of carbonyl (C=O) groups is 1. The molecule has 1 aromatic heterocycles. The molecule has 0 aliphatic heterocycles. The van der Waals surface area contributed by atoms with Crippen LogP contribution in [0.2, 0.25) is 0 Å². The highest BCUT2D eigenvalue weighted by Gasteiger charge is 2.30. The summed E-state index contributed by atoms with van der Waals surface area (Å²) in [6, 6.07) is 0. The molecule has 0 saturated heterocycles. The van der Waals surface area contributed by atoms with Crippen molar-refractivity contribution in [2.45, 2.75) is 66.2 Å². The maximum absolute atomic E-state index is 12.4. The van der Waals surface area contributed by atoms with Gasteiger partial charge in [0.1, 0.15) is 5.60 Å². The first-order valence-corrected chi connectivity index (χ1v) is 8.19. The maximum atomic E-state index is 12.4. The van der Waals surface area contributed by atoms with Gasteiger partial charge in [0.15, 0.2) is 0 Å². The number of amides is 1. The lowest BCUT2D eigenvalue weighted by Gasteiger charge is -2.36. The molecule has 1 N–H and O–H groups in total. The molecule has 1 rings (SSSR count). The summed E-state index contributed by atoms with van der Waals surface area (Å²) >= 11 is 0. The molecule has 0 fully saturated rings. The predicted molar refractivity (Wildman–Crippen MR) is 92.5 cm³/mol. The zero-order chi connectivity index (χ0) is 17.7. The number of ether oxygens (including phenoxy) is 1. The molecule has 1 amide bonds. The van der Waals surface area contributed by atoms with Crippen LogP contribution in [0, 0.1) is 6.92 Å². The van der Waals surface area contributed by atoms with Crippen LogP contribution in [0.4, 0.5) is 4.79 Å². The Morgan fingerprint density at radius 1 is 1.26 bits per heavy atom. The van der Waals surface area contributed by atoms with E-state index in [2.05, 4.69) is 10.4 Å². The molecule has 0 spiro atoms. The van der Waals surface area contributed by atoms with Crippen molar-refractivity contribution in [3.8, 4) is 0 Å². The maximum Gasteiger partial charge on any atom is 0.410 e. The van der Waals surface area contributed by atoms with Gasteiger partial charge in [-0.25, -0.2) is 4.79 Å². The molecule has 0 aliphatic rings. The van der Waals surface area contributed by atoms with Crippen molar-refractivity contribution in [2.75, 3.05) is 19.6 Å². The van der Waals surface area contributed by atoms with Crippen molar-refractivity contribution in [1.29, 1.82) is 0 Å². The first kappa shape index (κ1) is 19.5. The molecule has 0 aromatic carbocycles. The first-order valence-electron chi connectivity index (χ1n) is 8.19. The molecule has 132 valence electrons. The third kappa shape index (κ3) is 7.50. The number of hydrogen-bond acceptors (Lipinski definition) is 4. The fourth-order valence-electron chi connectivity index (χ4n) is 2.12. The van der Waals surface area contributed by atoms with E-state index in [9.17, 15) is 4.79 Å². The lowest BCUT2D eigenvalue weighted by Crippen LogP contribution is -2.50. The van der Waals surface area contributed by atoms with Gasteiger partial charge in [-0.2, -0.15) is 5.10 Å². The van der Waals surface area contributed by atoms with E-state index in [1.54, 1.807) is 4.90 Å². The van der Waals surface area contributed by atoms with E-state index in [0.29, 0.717) is 6.54 Å². The molecule has 1 aromatic rings. The monoisotopic (exact) mass is 324 g/mol. The van der Waals surface area contributed by atoms with Crippen molar-refractivity contribution in [2.24, 2.45) is 0 Å². The van der Waals surface area contributed by atoms with Crippen molar-refractivity contribution >= 4 is 6.09 Å². The van der Waals surface area contributed by atoms with Crippen molar-refractivity contribution in [3.05, 3.63) is 18.0 Å². The van der Waals surface area contributed by atoms with Crippen LogP contribution in [0.25, 0.3) is 0 Å². The van der Waals surface area contributed by atoms with Crippen LogP contribution in [-0.2, 0) is 11.3 Å². The molecule has 1 heterocycles. The average Bonchev–Trinajstić information content (AvgIpc) is 2.75. The summed E-state index contributed by atoms with van der Waals surface area (Å²) in [5.41, 5.74) is 0.406. The van der Waals surface area contributed by atoms with Crippen molar-refractivity contribution in [3.63, 3.8) is 0 Å². The SMILES string of the molecule is Cc1cnn(CCNCCN(C(=O)OC(C)(C)C)C(C)(C)C)c1. The molecular formula is C17H32N4O2. The van der Waals surface area contributed by atoms with E-state index >= 15 is 0 Å². The fraction of sp³-hybridized carbons (Fsp3) is 0.765. The normalized spacial score (nSPS) is 12.3. The summed E-state index contributed by atoms with van der Waals surface area (Å²) in [7, 11) is 0. The highest BCUT2D eigenvalue weighted by Crippen LogP contribution is 2.17. The second-order valence-electron chi connectivity index (χ2n) is 7.83. The van der Waals surface area contributed by atoms with Gasteiger partial charge in [-0.1, -0.05) is 0 Å². The third-order valence-electron chi connectivity index (χ3n) is 3.22. The first-order chi connectivity index (χ1) is 10.5. The van der Waals surface area contributed by atoms with Gasteiger partial charge in [0.2, 0.25) is 0 Å². The Kier molecular flexibility index (Phi) is 6.62. The minimum atomic E-state index is -0.480. The van der Waals surface area contributed by atoms with E-state index in [1.807, 2.05) is 65.5 Å². The summed E-state index contributed by atoms with van der Waals surface area (Å²) < 4.78 is 7.41. The standard InChI is InChI=1S/C17H32N4O2/c1-14-12-19-20(13-14)10-8-18-9-11-21(16(2,3)4)15(22)23-17(5,6)7/h12-13,18H,8-11H2,1-7H3. The number of rotatable bonds is 6. The molecule has 0 radical (unpaired) electrons. The Morgan fingerprint density at radius 3 is 2.39 bits per heavy atom. The molecule has 0 aliphatic carbocycles. The largest absolute Gasteiger partial charge is 0.444 e. The highest BCUT2D eigenvalue weighted by molar-refractivity contribution is 5.69. The highest BCUT2D eigenvalue weighted by atomic mass is 16.6. The van der Waals surface area contributed by atoms with Crippen molar-refractivity contribution in [1.82, 2.24) is 20.0 Å². The molecular weight excluding hydrogens is 292 g/mol. The number of aryl methyl sites for hydroxylation is 1. The Hall–Kier alpha value is -1.56. The fourth-order valence-corrected chi connectivity index (χ4v) is 2.12. The Bertz CT molecular complexity index is 497. The van der Waals surface area contributed by atoms with Gasteiger partial charge >= 0.3 is 6.09 Å². The van der Waals surface area contributed by atoms with Crippen LogP contribution < -0.4 is 5.32 Å². The minimum Gasteiger partial charge on any atom is -0.444 e. The summed E-state index contributed by atoms with van der Waals surface area (Å²) in [5, 5.41) is 7.60. The molecule has 6 heteroatoms. The van der Waals surface area contributed by atoms with Gasteiger partial charge in [-0.05, 0) is 54.0 Å². The number of aromatic nitrogens is 2. The zero-order valence-corrected chi connectivity index (χ0v) is 15.6. The van der Waals surface area contributed by atoms with Crippen LogP contribution in [0.3, 0.4) is 0 Å². The Labute approximate surface area is 140 Å². The van der Waals surface area contributed by atoms with Gasteiger partial charge in [0.05, 0.1) is 12.7 Å². The molecule has 23 heavy (non-hydrogen) atoms. The Morgan fingerprint density at radius 2 is 1.91 bits per heavy atom. The van der Waals surface area contributed by atoms with E-state index < -0.39 is 5.60 Å². The van der Waals surface area contributed by atoms with E-state index in [0.717, 1.165) is 25.2 Å². The lowest BCUT2D eigenvalue weighted by atomic mass is 10.1. The topological polar surface area (TPSA) is 59.4 Å². The second kappa shape index (κ2) is 7.81. The van der Waals surface area contributed by atoms with Crippen LogP contribution in [0.1, 0.15) is 47.1 Å². The van der Waals surface area contributed by atoms with Gasteiger partial charge in [-0.3, -0.25) is 4.68 Å². The second-order valence-corrected chi connectivity index (χ2v) is 7.83.